The lowest BCUT2D eigenvalue weighted by atomic mass is 10.1. The third kappa shape index (κ3) is 2.88. The van der Waals surface area contributed by atoms with Gasteiger partial charge in [-0.25, -0.2) is 4.98 Å². The third-order valence-corrected chi connectivity index (χ3v) is 4.47. The van der Waals surface area contributed by atoms with E-state index in [0.717, 1.165) is 36.6 Å². The van der Waals surface area contributed by atoms with Gasteiger partial charge in [-0.05, 0) is 25.0 Å². The topological polar surface area (TPSA) is 45.6 Å². The Morgan fingerprint density at radius 3 is 3.16 bits per heavy atom. The van der Waals surface area contributed by atoms with Gasteiger partial charge in [0.1, 0.15) is 0 Å². The molecule has 0 bridgehead atoms. The summed E-state index contributed by atoms with van der Waals surface area (Å²) in [4.78, 5) is 6.99. The number of benzene rings is 1. The van der Waals surface area contributed by atoms with E-state index in [4.69, 9.17) is 14.8 Å². The molecule has 2 heterocycles. The molecule has 5 heteroatoms. The second-order valence-corrected chi connectivity index (χ2v) is 5.78. The predicted octanol–water partition coefficient (Wildman–Crippen LogP) is 2.27. The molecule has 0 spiro atoms. The first-order valence-corrected chi connectivity index (χ1v) is 7.51. The van der Waals surface area contributed by atoms with Crippen LogP contribution < -0.4 is 4.90 Å². The van der Waals surface area contributed by atoms with Crippen LogP contribution in [0.3, 0.4) is 0 Å². The monoisotopic (exact) mass is 278 g/mol. The molecule has 1 unspecified atom stereocenters. The number of thiazole rings is 1. The number of aliphatic hydroxyl groups is 1. The van der Waals surface area contributed by atoms with E-state index in [1.54, 1.807) is 11.3 Å². The van der Waals surface area contributed by atoms with E-state index in [1.165, 1.54) is 4.70 Å². The summed E-state index contributed by atoms with van der Waals surface area (Å²) in [5.41, 5.74) is 1.07. The zero-order chi connectivity index (χ0) is 13.1. The van der Waals surface area contributed by atoms with Gasteiger partial charge in [-0.2, -0.15) is 0 Å². The first-order valence-electron chi connectivity index (χ1n) is 6.70. The van der Waals surface area contributed by atoms with Crippen molar-refractivity contribution in [3.63, 3.8) is 0 Å². The highest BCUT2D eigenvalue weighted by atomic mass is 32.1. The summed E-state index contributed by atoms with van der Waals surface area (Å²) < 4.78 is 6.88. The van der Waals surface area contributed by atoms with Gasteiger partial charge < -0.3 is 14.7 Å². The zero-order valence-electron chi connectivity index (χ0n) is 10.8. The van der Waals surface area contributed by atoms with Crippen LogP contribution in [0.5, 0.6) is 0 Å². The first kappa shape index (κ1) is 12.8. The van der Waals surface area contributed by atoms with Gasteiger partial charge in [-0.1, -0.05) is 23.5 Å². The Morgan fingerprint density at radius 2 is 2.32 bits per heavy atom. The number of anilines is 1. The average Bonchev–Trinajstić information content (AvgIpc) is 2.89. The van der Waals surface area contributed by atoms with Crippen molar-refractivity contribution in [3.05, 3.63) is 24.3 Å². The number of piperidine rings is 1. The van der Waals surface area contributed by atoms with Crippen molar-refractivity contribution in [1.82, 2.24) is 4.98 Å². The summed E-state index contributed by atoms with van der Waals surface area (Å²) in [5.74, 6) is 0. The minimum Gasteiger partial charge on any atom is -0.394 e. The van der Waals surface area contributed by atoms with E-state index < -0.39 is 0 Å². The molecule has 2 aromatic rings. The van der Waals surface area contributed by atoms with Crippen molar-refractivity contribution in [3.8, 4) is 0 Å². The normalized spacial score (nSPS) is 20.1. The summed E-state index contributed by atoms with van der Waals surface area (Å²) >= 11 is 1.74. The Morgan fingerprint density at radius 1 is 1.42 bits per heavy atom. The first-order chi connectivity index (χ1) is 9.36. The van der Waals surface area contributed by atoms with E-state index in [1.807, 2.05) is 12.1 Å². The van der Waals surface area contributed by atoms with Crippen LogP contribution in [0.2, 0.25) is 0 Å². The molecule has 1 saturated heterocycles. The zero-order valence-corrected chi connectivity index (χ0v) is 11.6. The molecule has 0 radical (unpaired) electrons. The highest BCUT2D eigenvalue weighted by Gasteiger charge is 2.22. The smallest absolute Gasteiger partial charge is 0.186 e. The van der Waals surface area contributed by atoms with E-state index in [9.17, 15) is 0 Å². The van der Waals surface area contributed by atoms with Gasteiger partial charge in [-0.3, -0.25) is 0 Å². The molecule has 0 aliphatic carbocycles. The van der Waals surface area contributed by atoms with Gasteiger partial charge in [0.25, 0.3) is 0 Å². The standard InChI is InChI=1S/C14H18N2O2S/c17-8-9-18-11-4-3-7-16(10-11)14-15-12-5-1-2-6-13(12)19-14/h1-2,5-6,11,17H,3-4,7-10H2. The minimum atomic E-state index is 0.0949. The van der Waals surface area contributed by atoms with Crippen molar-refractivity contribution in [2.45, 2.75) is 18.9 Å². The number of nitrogens with zero attached hydrogens (tertiary/aromatic N) is 2. The van der Waals surface area contributed by atoms with Gasteiger partial charge in [0.2, 0.25) is 0 Å². The Labute approximate surface area is 116 Å². The fourth-order valence-corrected chi connectivity index (χ4v) is 3.46. The van der Waals surface area contributed by atoms with Crippen LogP contribution in [-0.4, -0.2) is 42.5 Å². The maximum atomic E-state index is 8.83. The second kappa shape index (κ2) is 5.86. The number of rotatable bonds is 4. The summed E-state index contributed by atoms with van der Waals surface area (Å²) in [6.07, 6.45) is 2.40. The Bertz CT molecular complexity index is 510. The molecule has 1 N–H and O–H groups in total. The molecule has 4 nitrogen and oxygen atoms in total. The summed E-state index contributed by atoms with van der Waals surface area (Å²) in [6, 6.07) is 8.24. The molecule has 1 aromatic heterocycles. The van der Waals surface area contributed by atoms with Crippen molar-refractivity contribution < 1.29 is 9.84 Å². The Hall–Kier alpha value is -1.17. The fourth-order valence-electron chi connectivity index (χ4n) is 2.46. The molecule has 1 aliphatic rings. The van der Waals surface area contributed by atoms with Crippen molar-refractivity contribution in [2.75, 3.05) is 31.2 Å². The highest BCUT2D eigenvalue weighted by Crippen LogP contribution is 2.30. The van der Waals surface area contributed by atoms with Gasteiger partial charge in [-0.15, -0.1) is 0 Å². The maximum Gasteiger partial charge on any atom is 0.186 e. The van der Waals surface area contributed by atoms with Crippen LogP contribution in [0.15, 0.2) is 24.3 Å². The second-order valence-electron chi connectivity index (χ2n) is 4.77. The molecule has 1 aliphatic heterocycles. The molecule has 1 aromatic carbocycles. The van der Waals surface area contributed by atoms with Crippen molar-refractivity contribution >= 4 is 26.7 Å². The van der Waals surface area contributed by atoms with Crippen LogP contribution in [0.4, 0.5) is 5.13 Å². The lowest BCUT2D eigenvalue weighted by Crippen LogP contribution is -2.40. The minimum absolute atomic E-state index is 0.0949. The molecule has 1 atom stereocenters. The van der Waals surface area contributed by atoms with E-state index in [0.29, 0.717) is 6.61 Å². The molecular formula is C14H18N2O2S. The quantitative estimate of drug-likeness (QED) is 0.932. The number of hydrogen-bond donors (Lipinski definition) is 1. The summed E-state index contributed by atoms with van der Waals surface area (Å²) in [7, 11) is 0. The largest absolute Gasteiger partial charge is 0.394 e. The molecule has 0 amide bonds. The van der Waals surface area contributed by atoms with Crippen molar-refractivity contribution in [1.29, 1.82) is 0 Å². The highest BCUT2D eigenvalue weighted by molar-refractivity contribution is 7.22. The van der Waals surface area contributed by atoms with Gasteiger partial charge >= 0.3 is 0 Å². The average molecular weight is 278 g/mol. The van der Waals surface area contributed by atoms with E-state index in [2.05, 4.69) is 17.0 Å². The number of aliphatic hydroxyl groups excluding tert-OH is 1. The molecule has 1 fully saturated rings. The van der Waals surface area contributed by atoms with Gasteiger partial charge in [0, 0.05) is 13.1 Å². The number of fused-ring (bicyclic) bond motifs is 1. The van der Waals surface area contributed by atoms with E-state index in [-0.39, 0.29) is 12.7 Å². The Balaban J connectivity index is 1.73. The SMILES string of the molecule is OCCOC1CCCN(c2nc3ccccc3s2)C1. The molecular weight excluding hydrogens is 260 g/mol. The lowest BCUT2D eigenvalue weighted by molar-refractivity contribution is 0.0214. The van der Waals surface area contributed by atoms with Gasteiger partial charge in [0.15, 0.2) is 5.13 Å². The van der Waals surface area contributed by atoms with Crippen LogP contribution in [0.1, 0.15) is 12.8 Å². The molecule has 0 saturated carbocycles. The number of ether oxygens (including phenoxy) is 1. The lowest BCUT2D eigenvalue weighted by Gasteiger charge is -2.32. The Kier molecular flexibility index (Phi) is 3.96. The van der Waals surface area contributed by atoms with Crippen LogP contribution >= 0.6 is 11.3 Å². The molecule has 3 rings (SSSR count). The van der Waals surface area contributed by atoms with E-state index >= 15 is 0 Å². The van der Waals surface area contributed by atoms with Crippen LogP contribution in [-0.2, 0) is 4.74 Å². The summed E-state index contributed by atoms with van der Waals surface area (Å²) in [6.45, 7) is 2.44. The van der Waals surface area contributed by atoms with Crippen molar-refractivity contribution in [2.24, 2.45) is 0 Å². The predicted molar refractivity (Wildman–Crippen MR) is 77.9 cm³/mol. The fraction of sp³-hybridized carbons (Fsp3) is 0.500. The molecule has 102 valence electrons. The number of para-hydroxylation sites is 1. The number of aromatic nitrogens is 1. The summed E-state index contributed by atoms with van der Waals surface area (Å²) in [5, 5.41) is 9.91. The number of hydrogen-bond acceptors (Lipinski definition) is 5. The molecule has 19 heavy (non-hydrogen) atoms. The van der Waals surface area contributed by atoms with Crippen LogP contribution in [0, 0.1) is 0 Å². The van der Waals surface area contributed by atoms with Crippen LogP contribution in [0.25, 0.3) is 10.2 Å². The maximum absolute atomic E-state index is 8.83. The van der Waals surface area contributed by atoms with Gasteiger partial charge in [0.05, 0.1) is 29.5 Å². The third-order valence-electron chi connectivity index (χ3n) is 3.38.